The maximum atomic E-state index is 15.1. The molecule has 2 heterocycles. The summed E-state index contributed by atoms with van der Waals surface area (Å²) in [5.41, 5.74) is 5.57. The van der Waals surface area contributed by atoms with E-state index < -0.39 is 48.0 Å². The monoisotopic (exact) mass is 561 g/mol. The number of nitrogens with two attached hydrogens (primary N) is 1. The maximum Gasteiger partial charge on any atom is 0.414 e. The van der Waals surface area contributed by atoms with Crippen molar-refractivity contribution in [2.45, 2.75) is 31.7 Å². The third-order valence-corrected chi connectivity index (χ3v) is 6.39. The van der Waals surface area contributed by atoms with E-state index in [1.807, 2.05) is 0 Å². The average molecular weight is 562 g/mol. The highest BCUT2D eigenvalue weighted by molar-refractivity contribution is 5.91. The summed E-state index contributed by atoms with van der Waals surface area (Å²) in [5, 5.41) is 14.7. The second-order valence-electron chi connectivity index (χ2n) is 9.34. The fraction of sp³-hybridized carbons (Fsp3) is 0.385. The smallest absolute Gasteiger partial charge is 0.414 e. The van der Waals surface area contributed by atoms with Gasteiger partial charge < -0.3 is 30.9 Å². The number of benzene rings is 2. The molecule has 40 heavy (non-hydrogen) atoms. The minimum atomic E-state index is -1.27. The van der Waals surface area contributed by atoms with Crippen LogP contribution in [0.4, 0.5) is 29.7 Å². The van der Waals surface area contributed by atoms with E-state index in [1.54, 1.807) is 0 Å². The topological polar surface area (TPSA) is 164 Å². The van der Waals surface area contributed by atoms with Crippen LogP contribution < -0.4 is 26.2 Å². The number of ether oxygens (including phenoxy) is 2. The summed E-state index contributed by atoms with van der Waals surface area (Å²) in [6.45, 7) is 1.65. The van der Waals surface area contributed by atoms with Gasteiger partial charge in [0.05, 0.1) is 37.6 Å². The lowest BCUT2D eigenvalue weighted by Gasteiger charge is -2.16. The van der Waals surface area contributed by atoms with Crippen molar-refractivity contribution in [3.63, 3.8) is 0 Å². The number of amides is 4. The summed E-state index contributed by atoms with van der Waals surface area (Å²) in [6, 6.07) is 7.70. The molecule has 14 heteroatoms. The van der Waals surface area contributed by atoms with Crippen molar-refractivity contribution in [3.8, 4) is 11.1 Å². The van der Waals surface area contributed by atoms with Crippen molar-refractivity contribution in [1.82, 2.24) is 10.6 Å². The zero-order valence-electron chi connectivity index (χ0n) is 21.6. The van der Waals surface area contributed by atoms with E-state index in [1.165, 1.54) is 41.0 Å². The van der Waals surface area contributed by atoms with Crippen LogP contribution in [-0.2, 0) is 19.1 Å². The minimum absolute atomic E-state index is 0.0167. The first-order valence-corrected chi connectivity index (χ1v) is 12.5. The average Bonchev–Trinajstić information content (AvgIpc) is 3.48. The number of hydrogen-bond acceptors (Lipinski definition) is 8. The minimum Gasteiger partial charge on any atom is -0.442 e. The molecule has 2 fully saturated rings. The number of carbonyl (C=O) groups is 4. The Morgan fingerprint density at radius 1 is 0.950 bits per heavy atom. The molecule has 0 radical (unpaired) electrons. The third-order valence-electron chi connectivity index (χ3n) is 6.39. The molecule has 0 unspecified atom stereocenters. The van der Waals surface area contributed by atoms with Crippen molar-refractivity contribution < 1.29 is 42.5 Å². The largest absolute Gasteiger partial charge is 0.442 e. The number of aliphatic hydroxyl groups is 1. The number of cyclic esters (lactones) is 2. The number of nitrogens with one attached hydrogen (secondary N) is 2. The zero-order valence-corrected chi connectivity index (χ0v) is 21.6. The molecule has 2 saturated heterocycles. The van der Waals surface area contributed by atoms with E-state index in [0.29, 0.717) is 0 Å². The van der Waals surface area contributed by atoms with Crippen LogP contribution >= 0.6 is 0 Å². The maximum absolute atomic E-state index is 15.1. The van der Waals surface area contributed by atoms with Crippen molar-refractivity contribution in [2.75, 3.05) is 42.5 Å². The molecule has 4 amide bonds. The quantitative estimate of drug-likeness (QED) is 0.337. The first kappa shape index (κ1) is 28.7. The summed E-state index contributed by atoms with van der Waals surface area (Å²) < 4.78 is 40.6. The van der Waals surface area contributed by atoms with E-state index in [0.717, 1.165) is 12.1 Å². The molecular weight excluding hydrogens is 532 g/mol. The van der Waals surface area contributed by atoms with Gasteiger partial charge in [-0.05, 0) is 49.4 Å². The Labute approximate surface area is 228 Å². The summed E-state index contributed by atoms with van der Waals surface area (Å²) in [5.74, 6) is -2.50. The second kappa shape index (κ2) is 12.3. The highest BCUT2D eigenvalue weighted by Gasteiger charge is 2.34. The van der Waals surface area contributed by atoms with E-state index in [2.05, 4.69) is 10.6 Å². The van der Waals surface area contributed by atoms with Gasteiger partial charge in [0, 0.05) is 18.1 Å². The molecule has 3 atom stereocenters. The summed E-state index contributed by atoms with van der Waals surface area (Å²) in [7, 11) is 0. The molecule has 214 valence electrons. The van der Waals surface area contributed by atoms with Crippen LogP contribution in [0.2, 0.25) is 0 Å². The van der Waals surface area contributed by atoms with Gasteiger partial charge in [-0.3, -0.25) is 19.4 Å². The lowest BCUT2D eigenvalue weighted by atomic mass is 10.0. The van der Waals surface area contributed by atoms with Crippen LogP contribution in [0.25, 0.3) is 11.1 Å². The van der Waals surface area contributed by atoms with E-state index >= 15 is 8.78 Å². The molecule has 2 aromatic rings. The first-order chi connectivity index (χ1) is 19.1. The third kappa shape index (κ3) is 6.46. The zero-order chi connectivity index (χ0) is 29.0. The molecule has 2 aliphatic rings. The molecule has 2 aromatic carbocycles. The van der Waals surface area contributed by atoms with Gasteiger partial charge in [0.25, 0.3) is 0 Å². The molecular formula is C26H29F2N5O7. The number of rotatable bonds is 10. The Balaban J connectivity index is 1.42. The number of aliphatic hydroxyl groups excluding tert-OH is 1. The number of hydrogen-bond donors (Lipinski definition) is 4. The normalized spacial score (nSPS) is 19.3. The molecule has 0 aromatic heterocycles. The Morgan fingerprint density at radius 3 is 1.85 bits per heavy atom. The van der Waals surface area contributed by atoms with Crippen LogP contribution in [0.1, 0.15) is 13.3 Å². The van der Waals surface area contributed by atoms with Crippen LogP contribution in [0.5, 0.6) is 0 Å². The van der Waals surface area contributed by atoms with Crippen molar-refractivity contribution in [1.29, 1.82) is 0 Å². The molecule has 12 nitrogen and oxygen atoms in total. The Hall–Kier alpha value is -4.30. The Bertz CT molecular complexity index is 1310. The van der Waals surface area contributed by atoms with Crippen LogP contribution in [0.15, 0.2) is 36.4 Å². The molecule has 0 spiro atoms. The number of nitrogens with zero attached hydrogens (tertiary/aromatic N) is 2. The Morgan fingerprint density at radius 2 is 1.43 bits per heavy atom. The van der Waals surface area contributed by atoms with Gasteiger partial charge in [0.15, 0.2) is 0 Å². The number of carbonyl (C=O) groups excluding carboxylic acids is 4. The molecule has 4 rings (SSSR count). The van der Waals surface area contributed by atoms with Gasteiger partial charge in [-0.2, -0.15) is 0 Å². The van der Waals surface area contributed by atoms with Gasteiger partial charge in [-0.25, -0.2) is 18.4 Å². The molecule has 5 N–H and O–H groups in total. The van der Waals surface area contributed by atoms with Gasteiger partial charge in [0.1, 0.15) is 29.9 Å². The van der Waals surface area contributed by atoms with Crippen molar-refractivity contribution in [3.05, 3.63) is 48.0 Å². The molecule has 2 aliphatic heterocycles. The van der Waals surface area contributed by atoms with Crippen molar-refractivity contribution in [2.24, 2.45) is 5.73 Å². The Kier molecular flexibility index (Phi) is 8.80. The lowest BCUT2D eigenvalue weighted by Crippen LogP contribution is -2.40. The second-order valence-corrected chi connectivity index (χ2v) is 9.34. The van der Waals surface area contributed by atoms with Crippen LogP contribution in [-0.4, -0.2) is 80.1 Å². The van der Waals surface area contributed by atoms with Gasteiger partial charge >= 0.3 is 12.2 Å². The van der Waals surface area contributed by atoms with Gasteiger partial charge in [-0.15, -0.1) is 0 Å². The van der Waals surface area contributed by atoms with Gasteiger partial charge in [0.2, 0.25) is 11.8 Å². The van der Waals surface area contributed by atoms with Crippen LogP contribution in [0.3, 0.4) is 0 Å². The highest BCUT2D eigenvalue weighted by atomic mass is 19.1. The number of halogens is 2. The summed E-state index contributed by atoms with van der Waals surface area (Å²) in [6.07, 6.45) is -3.96. The molecule has 0 aliphatic carbocycles. The fourth-order valence-electron chi connectivity index (χ4n) is 4.34. The highest BCUT2D eigenvalue weighted by Crippen LogP contribution is 2.33. The summed E-state index contributed by atoms with van der Waals surface area (Å²) >= 11 is 0. The van der Waals surface area contributed by atoms with Crippen LogP contribution in [0, 0.1) is 11.6 Å². The predicted molar refractivity (Wildman–Crippen MR) is 138 cm³/mol. The SMILES string of the molecule is CC(=O)NC[C@@H]1CN(c2ccc(-c3ccc(N4C[C@H](CNC(=O)[C@@H](O)CCN)OC4=O)cc3F)c(F)c2)C(=O)O1. The fourth-order valence-corrected chi connectivity index (χ4v) is 4.34. The van der Waals surface area contributed by atoms with E-state index in [4.69, 9.17) is 15.2 Å². The number of anilines is 2. The summed E-state index contributed by atoms with van der Waals surface area (Å²) in [4.78, 5) is 49.9. The first-order valence-electron chi connectivity index (χ1n) is 12.5. The van der Waals surface area contributed by atoms with Crippen molar-refractivity contribution >= 4 is 35.4 Å². The predicted octanol–water partition coefficient (Wildman–Crippen LogP) is 1.24. The molecule has 0 saturated carbocycles. The lowest BCUT2D eigenvalue weighted by molar-refractivity contribution is -0.129. The van der Waals surface area contributed by atoms with E-state index in [9.17, 15) is 24.3 Å². The standard InChI is InChI=1S/C26H29F2N5O7/c1-14(34)30-10-17-12-32(25(37)39-17)15-2-4-19(21(27)8-15)20-5-3-16(9-22(20)28)33-13-18(40-26(33)38)11-31-24(36)23(35)6-7-29/h2-5,8-9,17-18,23,35H,6-7,10-13,29H2,1H3,(H,30,34)(H,31,36)/t17-,18+,23+/m1/s1. The van der Waals surface area contributed by atoms with E-state index in [-0.39, 0.29) is 67.6 Å². The molecule has 0 bridgehead atoms. The van der Waals surface area contributed by atoms with Gasteiger partial charge in [-0.1, -0.05) is 0 Å².